The average Bonchev–Trinajstić information content (AvgIpc) is 2.59. The van der Waals surface area contributed by atoms with Crippen LogP contribution in [-0.2, 0) is 10.3 Å². The van der Waals surface area contributed by atoms with Crippen molar-refractivity contribution in [3.8, 4) is 17.4 Å². The maximum atomic E-state index is 12.1. The van der Waals surface area contributed by atoms with Crippen LogP contribution in [-0.4, -0.2) is 42.6 Å². The third-order valence-corrected chi connectivity index (χ3v) is 4.53. The molecule has 0 aliphatic rings. The second kappa shape index (κ2) is 10.1. The van der Waals surface area contributed by atoms with E-state index in [1.807, 2.05) is 22.6 Å². The van der Waals surface area contributed by atoms with Crippen LogP contribution in [0.5, 0.6) is 17.4 Å². The molecule has 0 unspecified atom stereocenters. The number of alkyl halides is 1. The predicted octanol–water partition coefficient (Wildman–Crippen LogP) is 2.35. The molecule has 0 spiro atoms. The molecule has 0 aliphatic heterocycles. The molecule has 2 N–H and O–H groups in total. The van der Waals surface area contributed by atoms with Gasteiger partial charge in [0.05, 0.1) is 13.7 Å². The van der Waals surface area contributed by atoms with Gasteiger partial charge in [-0.3, -0.25) is 5.32 Å². The van der Waals surface area contributed by atoms with Gasteiger partial charge in [0.25, 0.3) is 0 Å². The highest BCUT2D eigenvalue weighted by atomic mass is 127. The Morgan fingerprint density at radius 3 is 2.59 bits per heavy atom. The number of carbonyl (C=O) groups excluding carboxylic acids is 1. The van der Waals surface area contributed by atoms with Gasteiger partial charge in [0.15, 0.2) is 11.5 Å². The highest BCUT2D eigenvalue weighted by Gasteiger charge is 2.20. The van der Waals surface area contributed by atoms with Crippen molar-refractivity contribution in [1.82, 2.24) is 14.7 Å². The number of amides is 2. The number of methoxy groups -OCH3 is 1. The van der Waals surface area contributed by atoms with Crippen molar-refractivity contribution in [3.63, 3.8) is 0 Å². The standard InChI is InChI=1S/C14H14I2N4O6S/c1-24-12-8-11(16)17-13(18-12)19-14(21)20-27(22,23)26-10-5-3-2-4-9(10)25-7-6-15/h2-5,8H,6-7H2,1H3,(H2,17,18,19,20,21). The summed E-state index contributed by atoms with van der Waals surface area (Å²) in [4.78, 5) is 19.8. The van der Waals surface area contributed by atoms with Gasteiger partial charge in [-0.25, -0.2) is 14.5 Å². The first-order valence-electron chi connectivity index (χ1n) is 7.22. The summed E-state index contributed by atoms with van der Waals surface area (Å²) in [5.41, 5.74) is 0. The summed E-state index contributed by atoms with van der Waals surface area (Å²) >= 11 is 4.02. The molecule has 27 heavy (non-hydrogen) atoms. The lowest BCUT2D eigenvalue weighted by molar-refractivity contribution is 0.255. The monoisotopic (exact) mass is 620 g/mol. The molecule has 1 aromatic heterocycles. The minimum Gasteiger partial charge on any atom is -0.489 e. The number of nitrogens with zero attached hydrogens (tertiary/aromatic N) is 2. The van der Waals surface area contributed by atoms with E-state index < -0.39 is 16.3 Å². The van der Waals surface area contributed by atoms with Crippen molar-refractivity contribution in [2.45, 2.75) is 0 Å². The van der Waals surface area contributed by atoms with Crippen molar-refractivity contribution < 1.29 is 26.9 Å². The number of ether oxygens (including phenoxy) is 2. The number of hydrogen-bond donors (Lipinski definition) is 2. The van der Waals surface area contributed by atoms with Crippen LogP contribution in [0.25, 0.3) is 0 Å². The van der Waals surface area contributed by atoms with Gasteiger partial charge in [0.2, 0.25) is 11.8 Å². The van der Waals surface area contributed by atoms with E-state index in [4.69, 9.17) is 13.7 Å². The van der Waals surface area contributed by atoms with Gasteiger partial charge >= 0.3 is 16.3 Å². The molecule has 0 atom stereocenters. The topological polar surface area (TPSA) is 129 Å². The molecule has 10 nitrogen and oxygen atoms in total. The third-order valence-electron chi connectivity index (χ3n) is 2.71. The number of anilines is 1. The number of aromatic nitrogens is 2. The number of halogens is 2. The van der Waals surface area contributed by atoms with E-state index in [1.165, 1.54) is 19.2 Å². The molecule has 2 rings (SSSR count). The first kappa shape index (κ1) is 21.7. The molecule has 146 valence electrons. The molecule has 2 amide bonds. The number of carbonyl (C=O) groups is 1. The minimum absolute atomic E-state index is 0.0465. The van der Waals surface area contributed by atoms with E-state index in [0.717, 1.165) is 0 Å². The first-order chi connectivity index (χ1) is 12.8. The lowest BCUT2D eigenvalue weighted by atomic mass is 10.3. The van der Waals surface area contributed by atoms with Gasteiger partial charge in [-0.1, -0.05) is 34.7 Å². The lowest BCUT2D eigenvalue weighted by Crippen LogP contribution is -2.37. The maximum Gasteiger partial charge on any atom is 0.411 e. The van der Waals surface area contributed by atoms with Crippen LogP contribution in [0.15, 0.2) is 30.3 Å². The number of para-hydroxylation sites is 2. The van der Waals surface area contributed by atoms with Gasteiger partial charge < -0.3 is 13.7 Å². The van der Waals surface area contributed by atoms with Crippen LogP contribution in [0.2, 0.25) is 0 Å². The average molecular weight is 620 g/mol. The van der Waals surface area contributed by atoms with Crippen molar-refractivity contribution in [2.75, 3.05) is 23.5 Å². The largest absolute Gasteiger partial charge is 0.489 e. The Balaban J connectivity index is 2.06. The van der Waals surface area contributed by atoms with Gasteiger partial charge in [-0.15, -0.1) is 0 Å². The van der Waals surface area contributed by atoms with E-state index in [-0.39, 0.29) is 23.3 Å². The lowest BCUT2D eigenvalue weighted by Gasteiger charge is -2.12. The molecule has 13 heteroatoms. The smallest absolute Gasteiger partial charge is 0.411 e. The van der Waals surface area contributed by atoms with E-state index >= 15 is 0 Å². The van der Waals surface area contributed by atoms with Gasteiger partial charge in [0.1, 0.15) is 3.70 Å². The molecule has 1 aromatic carbocycles. The number of urea groups is 1. The highest BCUT2D eigenvalue weighted by molar-refractivity contribution is 14.1. The SMILES string of the molecule is COc1cc(I)nc(NC(=O)NS(=O)(=O)Oc2ccccc2OCCI)n1. The maximum absolute atomic E-state index is 12.1. The van der Waals surface area contributed by atoms with Gasteiger partial charge in [-0.2, -0.15) is 13.4 Å². The summed E-state index contributed by atoms with van der Waals surface area (Å²) in [7, 11) is -3.06. The van der Waals surface area contributed by atoms with Crippen LogP contribution in [0, 0.1) is 3.70 Å². The molecule has 0 fully saturated rings. The summed E-state index contributed by atoms with van der Waals surface area (Å²) < 4.78 is 42.4. The van der Waals surface area contributed by atoms with Crippen LogP contribution in [0.1, 0.15) is 0 Å². The quantitative estimate of drug-likeness (QED) is 0.262. The summed E-state index contributed by atoms with van der Waals surface area (Å²) in [6.45, 7) is 0.376. The second-order valence-corrected chi connectivity index (χ2v) is 8.10. The number of hydrogen-bond acceptors (Lipinski definition) is 8. The summed E-state index contributed by atoms with van der Waals surface area (Å²) in [6, 6.07) is 6.66. The number of nitrogens with one attached hydrogen (secondary N) is 2. The molecular formula is C14H14I2N4O6S. The number of benzene rings is 1. The normalized spacial score (nSPS) is 10.8. The Labute approximate surface area is 182 Å². The predicted molar refractivity (Wildman–Crippen MR) is 114 cm³/mol. The zero-order valence-corrected chi connectivity index (χ0v) is 18.9. The molecule has 1 heterocycles. The fourth-order valence-electron chi connectivity index (χ4n) is 1.72. The van der Waals surface area contributed by atoms with Gasteiger partial charge in [0, 0.05) is 10.5 Å². The Kier molecular flexibility index (Phi) is 8.08. The van der Waals surface area contributed by atoms with Crippen molar-refractivity contribution >= 4 is 67.5 Å². The molecule has 2 aromatic rings. The number of rotatable bonds is 8. The Morgan fingerprint density at radius 1 is 1.22 bits per heavy atom. The van der Waals surface area contributed by atoms with E-state index in [9.17, 15) is 13.2 Å². The molecular weight excluding hydrogens is 606 g/mol. The Bertz CT molecular complexity index is 912. The zero-order valence-electron chi connectivity index (χ0n) is 13.8. The van der Waals surface area contributed by atoms with E-state index in [1.54, 1.807) is 22.9 Å². The molecule has 0 radical (unpaired) electrons. The molecule has 0 bridgehead atoms. The Hall–Kier alpha value is -1.62. The molecule has 0 aliphatic carbocycles. The van der Waals surface area contributed by atoms with Crippen molar-refractivity contribution in [2.24, 2.45) is 0 Å². The summed E-state index contributed by atoms with van der Waals surface area (Å²) in [5, 5.41) is 2.20. The van der Waals surface area contributed by atoms with Crippen LogP contribution >= 0.6 is 45.2 Å². The zero-order chi connectivity index (χ0) is 19.9. The van der Waals surface area contributed by atoms with E-state index in [2.05, 4.69) is 37.9 Å². The van der Waals surface area contributed by atoms with Crippen molar-refractivity contribution in [3.05, 3.63) is 34.0 Å². The van der Waals surface area contributed by atoms with Gasteiger partial charge in [-0.05, 0) is 34.7 Å². The third kappa shape index (κ3) is 7.13. The molecule has 0 saturated heterocycles. The van der Waals surface area contributed by atoms with Crippen LogP contribution in [0.4, 0.5) is 10.7 Å². The fourth-order valence-corrected chi connectivity index (χ4v) is 3.13. The minimum atomic E-state index is -4.46. The van der Waals surface area contributed by atoms with E-state index in [0.29, 0.717) is 14.7 Å². The second-order valence-electron chi connectivity index (χ2n) is 4.63. The summed E-state index contributed by atoms with van der Waals surface area (Å²) in [5.74, 6) is 0.280. The van der Waals surface area contributed by atoms with Crippen LogP contribution < -0.4 is 23.7 Å². The summed E-state index contributed by atoms with van der Waals surface area (Å²) in [6.07, 6.45) is 0. The fraction of sp³-hybridized carbons (Fsp3) is 0.214. The van der Waals surface area contributed by atoms with Crippen molar-refractivity contribution in [1.29, 1.82) is 0 Å². The van der Waals surface area contributed by atoms with Crippen LogP contribution in [0.3, 0.4) is 0 Å². The Morgan fingerprint density at radius 2 is 1.93 bits per heavy atom. The highest BCUT2D eigenvalue weighted by Crippen LogP contribution is 2.27. The molecule has 0 saturated carbocycles. The first-order valence-corrected chi connectivity index (χ1v) is 11.2.